The molecule has 1 unspecified atom stereocenters. The lowest BCUT2D eigenvalue weighted by atomic mass is 10.1. The third-order valence-corrected chi connectivity index (χ3v) is 6.29. The van der Waals surface area contributed by atoms with Gasteiger partial charge in [0.05, 0.1) is 11.4 Å². The fourth-order valence-corrected chi connectivity index (χ4v) is 4.48. The first-order valence-electron chi connectivity index (χ1n) is 12.5. The maximum absolute atomic E-state index is 13.1. The largest absolute Gasteiger partial charge is 0.444 e. The fraction of sp³-hybridized carbons (Fsp3) is 0.310. The van der Waals surface area contributed by atoms with Crippen LogP contribution in [0.1, 0.15) is 37.7 Å². The van der Waals surface area contributed by atoms with Gasteiger partial charge in [0.25, 0.3) is 5.91 Å². The van der Waals surface area contributed by atoms with Gasteiger partial charge in [-0.3, -0.25) is 4.79 Å². The van der Waals surface area contributed by atoms with Gasteiger partial charge < -0.3 is 15.0 Å². The molecule has 8 nitrogen and oxygen atoms in total. The van der Waals surface area contributed by atoms with Crippen LogP contribution in [0, 0.1) is 5.92 Å². The first-order valence-corrected chi connectivity index (χ1v) is 12.5. The predicted octanol–water partition coefficient (Wildman–Crippen LogP) is 5.05. The van der Waals surface area contributed by atoms with E-state index in [2.05, 4.69) is 10.4 Å². The zero-order chi connectivity index (χ0) is 26.0. The number of fused-ring (bicyclic) bond motifs is 1. The first-order chi connectivity index (χ1) is 17.8. The maximum Gasteiger partial charge on any atom is 0.410 e. The SMILES string of the molecule is CC(C)(C)OC(=O)N1CCC(CNC(=O)c2cc3nc(-c4ccccc4)cc(-c4ccccc4)n3n2)C1. The van der Waals surface area contributed by atoms with Crippen molar-refractivity contribution in [3.63, 3.8) is 0 Å². The Bertz CT molecular complexity index is 1410. The highest BCUT2D eigenvalue weighted by Gasteiger charge is 2.30. The molecular weight excluding hydrogens is 466 g/mol. The Hall–Kier alpha value is -4.20. The summed E-state index contributed by atoms with van der Waals surface area (Å²) < 4.78 is 7.19. The molecule has 0 bridgehead atoms. The molecule has 8 heteroatoms. The van der Waals surface area contributed by atoms with Gasteiger partial charge in [-0.1, -0.05) is 60.7 Å². The molecule has 1 aliphatic rings. The van der Waals surface area contributed by atoms with Crippen LogP contribution >= 0.6 is 0 Å². The van der Waals surface area contributed by atoms with Gasteiger partial charge in [0, 0.05) is 36.8 Å². The van der Waals surface area contributed by atoms with Crippen molar-refractivity contribution >= 4 is 17.6 Å². The van der Waals surface area contributed by atoms with Crippen molar-refractivity contribution in [2.75, 3.05) is 19.6 Å². The van der Waals surface area contributed by atoms with Gasteiger partial charge >= 0.3 is 6.09 Å². The minimum absolute atomic E-state index is 0.163. The summed E-state index contributed by atoms with van der Waals surface area (Å²) in [5, 5.41) is 7.60. The van der Waals surface area contributed by atoms with Crippen LogP contribution in [0.5, 0.6) is 0 Å². The van der Waals surface area contributed by atoms with Crippen LogP contribution in [-0.2, 0) is 4.74 Å². The molecule has 1 saturated heterocycles. The van der Waals surface area contributed by atoms with Crippen LogP contribution in [0.15, 0.2) is 72.8 Å². The normalized spacial score (nSPS) is 15.6. The summed E-state index contributed by atoms with van der Waals surface area (Å²) in [6, 6.07) is 23.6. The summed E-state index contributed by atoms with van der Waals surface area (Å²) in [6.07, 6.45) is 0.501. The number of carbonyl (C=O) groups is 2. The highest BCUT2D eigenvalue weighted by Crippen LogP contribution is 2.26. The van der Waals surface area contributed by atoms with Crippen molar-refractivity contribution < 1.29 is 14.3 Å². The second-order valence-corrected chi connectivity index (χ2v) is 10.3. The zero-order valence-corrected chi connectivity index (χ0v) is 21.3. The second kappa shape index (κ2) is 10.0. The lowest BCUT2D eigenvalue weighted by molar-refractivity contribution is 0.0288. The molecule has 1 N–H and O–H groups in total. The molecule has 4 aromatic rings. The number of rotatable bonds is 5. The predicted molar refractivity (Wildman–Crippen MR) is 142 cm³/mol. The minimum Gasteiger partial charge on any atom is -0.444 e. The lowest BCUT2D eigenvalue weighted by Crippen LogP contribution is -2.36. The van der Waals surface area contributed by atoms with Crippen LogP contribution in [0.3, 0.4) is 0 Å². The maximum atomic E-state index is 13.1. The average molecular weight is 498 g/mol. The third-order valence-electron chi connectivity index (χ3n) is 6.29. The summed E-state index contributed by atoms with van der Waals surface area (Å²) in [5.74, 6) is -0.0994. The second-order valence-electron chi connectivity index (χ2n) is 10.3. The Morgan fingerprint density at radius 2 is 1.68 bits per heavy atom. The van der Waals surface area contributed by atoms with E-state index in [1.54, 1.807) is 15.5 Å². The number of benzene rings is 2. The topological polar surface area (TPSA) is 88.8 Å². The van der Waals surface area contributed by atoms with Gasteiger partial charge in [-0.25, -0.2) is 14.3 Å². The molecular formula is C29H31N5O3. The van der Waals surface area contributed by atoms with E-state index < -0.39 is 5.60 Å². The number of ether oxygens (including phenoxy) is 1. The first kappa shape index (κ1) is 24.5. The van der Waals surface area contributed by atoms with E-state index >= 15 is 0 Å². The number of nitrogens with one attached hydrogen (secondary N) is 1. The summed E-state index contributed by atoms with van der Waals surface area (Å²) in [5.41, 5.74) is 4.01. The van der Waals surface area contributed by atoms with E-state index in [0.29, 0.717) is 31.0 Å². The van der Waals surface area contributed by atoms with Crippen molar-refractivity contribution in [2.45, 2.75) is 32.8 Å². The van der Waals surface area contributed by atoms with E-state index in [0.717, 1.165) is 28.9 Å². The molecule has 3 heterocycles. The smallest absolute Gasteiger partial charge is 0.410 e. The molecule has 0 spiro atoms. The highest BCUT2D eigenvalue weighted by atomic mass is 16.6. The Balaban J connectivity index is 1.34. The van der Waals surface area contributed by atoms with Crippen molar-refractivity contribution in [1.29, 1.82) is 0 Å². The number of amides is 2. The van der Waals surface area contributed by atoms with Crippen LogP contribution < -0.4 is 5.32 Å². The van der Waals surface area contributed by atoms with Crippen LogP contribution in [-0.4, -0.2) is 56.7 Å². The molecule has 2 amide bonds. The molecule has 190 valence electrons. The third kappa shape index (κ3) is 5.63. The molecule has 2 aromatic carbocycles. The summed E-state index contributed by atoms with van der Waals surface area (Å²) in [7, 11) is 0. The van der Waals surface area contributed by atoms with Gasteiger partial charge in [0.1, 0.15) is 5.60 Å². The van der Waals surface area contributed by atoms with Gasteiger partial charge in [0.15, 0.2) is 11.3 Å². The van der Waals surface area contributed by atoms with Crippen LogP contribution in [0.25, 0.3) is 28.2 Å². The average Bonchev–Trinajstić information content (AvgIpc) is 3.54. The molecule has 1 atom stereocenters. The number of carbonyl (C=O) groups excluding carboxylic acids is 2. The molecule has 5 rings (SSSR count). The van der Waals surface area contributed by atoms with Gasteiger partial charge in [-0.05, 0) is 39.2 Å². The van der Waals surface area contributed by atoms with Crippen molar-refractivity contribution in [2.24, 2.45) is 5.92 Å². The van der Waals surface area contributed by atoms with Gasteiger partial charge in [0.2, 0.25) is 0 Å². The Kier molecular flexibility index (Phi) is 6.65. The molecule has 1 aliphatic heterocycles. The van der Waals surface area contributed by atoms with E-state index in [-0.39, 0.29) is 17.9 Å². The monoisotopic (exact) mass is 497 g/mol. The zero-order valence-electron chi connectivity index (χ0n) is 21.3. The Morgan fingerprint density at radius 1 is 1.00 bits per heavy atom. The Morgan fingerprint density at radius 3 is 2.35 bits per heavy atom. The number of likely N-dealkylation sites (tertiary alicyclic amines) is 1. The molecule has 37 heavy (non-hydrogen) atoms. The summed E-state index contributed by atoms with van der Waals surface area (Å²) in [6.45, 7) is 7.20. The molecule has 2 aromatic heterocycles. The van der Waals surface area contributed by atoms with Crippen LogP contribution in [0.4, 0.5) is 4.79 Å². The van der Waals surface area contributed by atoms with Crippen molar-refractivity contribution in [1.82, 2.24) is 24.8 Å². The molecule has 1 fully saturated rings. The molecule has 0 radical (unpaired) electrons. The number of aromatic nitrogens is 3. The number of hydrogen-bond donors (Lipinski definition) is 1. The van der Waals surface area contributed by atoms with Gasteiger partial charge in [-0.15, -0.1) is 0 Å². The van der Waals surface area contributed by atoms with E-state index in [9.17, 15) is 9.59 Å². The summed E-state index contributed by atoms with van der Waals surface area (Å²) in [4.78, 5) is 31.9. The quantitative estimate of drug-likeness (QED) is 0.417. The molecule has 0 saturated carbocycles. The molecule has 0 aliphatic carbocycles. The van der Waals surface area contributed by atoms with Gasteiger partial charge in [-0.2, -0.15) is 5.10 Å². The Labute approximate surface area is 216 Å². The van der Waals surface area contributed by atoms with E-state index in [1.165, 1.54) is 0 Å². The van der Waals surface area contributed by atoms with E-state index in [4.69, 9.17) is 9.72 Å². The standard InChI is InChI=1S/C29H31N5O3/c1-29(2,3)37-28(36)33-15-14-20(19-33)18-30-27(35)24-17-26-31-23(21-10-6-4-7-11-21)16-25(34(26)32-24)22-12-8-5-9-13-22/h4-13,16-17,20H,14-15,18-19H2,1-3H3,(H,30,35). The number of nitrogens with zero attached hydrogens (tertiary/aromatic N) is 4. The van der Waals surface area contributed by atoms with E-state index in [1.807, 2.05) is 87.5 Å². The fourth-order valence-electron chi connectivity index (χ4n) is 4.48. The summed E-state index contributed by atoms with van der Waals surface area (Å²) >= 11 is 0. The lowest BCUT2D eigenvalue weighted by Gasteiger charge is -2.24. The highest BCUT2D eigenvalue weighted by molar-refractivity contribution is 5.93. The van der Waals surface area contributed by atoms with Crippen molar-refractivity contribution in [3.8, 4) is 22.5 Å². The van der Waals surface area contributed by atoms with Crippen LogP contribution in [0.2, 0.25) is 0 Å². The van der Waals surface area contributed by atoms with Crippen molar-refractivity contribution in [3.05, 3.63) is 78.5 Å². The number of hydrogen-bond acceptors (Lipinski definition) is 5. The minimum atomic E-state index is -0.528.